The van der Waals surface area contributed by atoms with Crippen molar-refractivity contribution in [1.29, 1.82) is 0 Å². The van der Waals surface area contributed by atoms with Gasteiger partial charge in [-0.1, -0.05) is 59.6 Å². The molecule has 3 aromatic carbocycles. The van der Waals surface area contributed by atoms with Gasteiger partial charge in [-0.2, -0.15) is 0 Å². The SMILES string of the molecule is Cc1ccccc1-n1c(C=Cc2ccc(Cl)cc2Cl)nc2ccccc2c1=O. The van der Waals surface area contributed by atoms with E-state index in [0.29, 0.717) is 26.8 Å². The Morgan fingerprint density at radius 1 is 0.929 bits per heavy atom. The average Bonchev–Trinajstić information content (AvgIpc) is 2.68. The van der Waals surface area contributed by atoms with Gasteiger partial charge in [-0.05, 0) is 60.5 Å². The largest absolute Gasteiger partial charge is 0.268 e. The normalized spacial score (nSPS) is 11.4. The summed E-state index contributed by atoms with van der Waals surface area (Å²) in [5.74, 6) is 0.531. The van der Waals surface area contributed by atoms with Crippen molar-refractivity contribution in [2.24, 2.45) is 0 Å². The Morgan fingerprint density at radius 3 is 2.46 bits per heavy atom. The van der Waals surface area contributed by atoms with Gasteiger partial charge in [-0.3, -0.25) is 9.36 Å². The van der Waals surface area contributed by atoms with Crippen LogP contribution in [0.25, 0.3) is 28.7 Å². The van der Waals surface area contributed by atoms with Crippen molar-refractivity contribution in [2.45, 2.75) is 6.92 Å². The highest BCUT2D eigenvalue weighted by molar-refractivity contribution is 6.35. The molecular weight excluding hydrogens is 391 g/mol. The van der Waals surface area contributed by atoms with Crippen LogP contribution in [0.5, 0.6) is 0 Å². The molecule has 4 aromatic rings. The number of benzene rings is 3. The maximum absolute atomic E-state index is 13.3. The van der Waals surface area contributed by atoms with Crippen LogP contribution in [0.1, 0.15) is 17.0 Å². The smallest absolute Gasteiger partial charge is 0.266 e. The van der Waals surface area contributed by atoms with E-state index >= 15 is 0 Å². The van der Waals surface area contributed by atoms with Crippen LogP contribution in [-0.4, -0.2) is 9.55 Å². The van der Waals surface area contributed by atoms with Crippen molar-refractivity contribution in [2.75, 3.05) is 0 Å². The number of para-hydroxylation sites is 2. The minimum Gasteiger partial charge on any atom is -0.268 e. The first-order valence-electron chi connectivity index (χ1n) is 8.75. The Bertz CT molecular complexity index is 1280. The maximum atomic E-state index is 13.3. The van der Waals surface area contributed by atoms with Crippen LogP contribution in [0.4, 0.5) is 0 Å². The van der Waals surface area contributed by atoms with Gasteiger partial charge in [0.05, 0.1) is 16.6 Å². The molecule has 0 aliphatic carbocycles. The summed E-state index contributed by atoms with van der Waals surface area (Å²) >= 11 is 12.3. The summed E-state index contributed by atoms with van der Waals surface area (Å²) in [6.45, 7) is 1.97. The van der Waals surface area contributed by atoms with Crippen LogP contribution in [0.3, 0.4) is 0 Å². The number of fused-ring (bicyclic) bond motifs is 1. The number of aromatic nitrogens is 2. The van der Waals surface area contributed by atoms with Gasteiger partial charge >= 0.3 is 0 Å². The molecule has 0 amide bonds. The highest BCUT2D eigenvalue weighted by Crippen LogP contribution is 2.23. The van der Waals surface area contributed by atoms with Crippen LogP contribution in [0, 0.1) is 6.92 Å². The summed E-state index contributed by atoms with van der Waals surface area (Å²) in [5, 5.41) is 1.68. The standard InChI is InChI=1S/C23H16Cl2N2O/c1-15-6-2-5-9-21(15)27-22(13-11-16-10-12-17(24)14-19(16)25)26-20-8-4-3-7-18(20)23(27)28/h2-14H,1H3. The molecule has 0 spiro atoms. The van der Waals surface area contributed by atoms with Crippen LogP contribution in [0.15, 0.2) is 71.5 Å². The Balaban J connectivity index is 1.96. The van der Waals surface area contributed by atoms with Gasteiger partial charge in [0.2, 0.25) is 0 Å². The van der Waals surface area contributed by atoms with Crippen molar-refractivity contribution in [3.05, 3.63) is 104 Å². The second kappa shape index (κ2) is 7.63. The van der Waals surface area contributed by atoms with E-state index in [4.69, 9.17) is 28.2 Å². The van der Waals surface area contributed by atoms with Gasteiger partial charge in [0.1, 0.15) is 5.82 Å². The van der Waals surface area contributed by atoms with E-state index < -0.39 is 0 Å². The Hall–Kier alpha value is -2.88. The maximum Gasteiger partial charge on any atom is 0.266 e. The summed E-state index contributed by atoms with van der Waals surface area (Å²) < 4.78 is 1.64. The van der Waals surface area contributed by atoms with Gasteiger partial charge in [0, 0.05) is 10.0 Å². The monoisotopic (exact) mass is 406 g/mol. The predicted molar refractivity (Wildman–Crippen MR) is 117 cm³/mol. The molecule has 0 saturated carbocycles. The molecule has 0 unspecified atom stereocenters. The predicted octanol–water partition coefficient (Wildman–Crippen LogP) is 6.17. The molecule has 0 aliphatic rings. The highest BCUT2D eigenvalue weighted by atomic mass is 35.5. The third-order valence-electron chi connectivity index (χ3n) is 4.53. The van der Waals surface area contributed by atoms with Gasteiger partial charge < -0.3 is 0 Å². The lowest BCUT2D eigenvalue weighted by Gasteiger charge is -2.13. The third-order valence-corrected chi connectivity index (χ3v) is 5.09. The van der Waals surface area contributed by atoms with E-state index in [1.807, 2.05) is 61.5 Å². The Kier molecular flexibility index (Phi) is 5.03. The number of halogens is 2. The molecule has 138 valence electrons. The zero-order valence-electron chi connectivity index (χ0n) is 15.1. The van der Waals surface area contributed by atoms with Crippen LogP contribution in [0.2, 0.25) is 10.0 Å². The second-order valence-corrected chi connectivity index (χ2v) is 7.26. The molecule has 0 bridgehead atoms. The van der Waals surface area contributed by atoms with E-state index in [-0.39, 0.29) is 5.56 Å². The topological polar surface area (TPSA) is 34.9 Å². The quantitative estimate of drug-likeness (QED) is 0.407. The van der Waals surface area contributed by atoms with Crippen molar-refractivity contribution in [3.8, 4) is 5.69 Å². The fourth-order valence-electron chi connectivity index (χ4n) is 3.11. The minimum absolute atomic E-state index is 0.109. The average molecular weight is 407 g/mol. The molecule has 28 heavy (non-hydrogen) atoms. The van der Waals surface area contributed by atoms with Crippen molar-refractivity contribution >= 4 is 46.3 Å². The number of nitrogens with zero attached hydrogens (tertiary/aromatic N) is 2. The van der Waals surface area contributed by atoms with Gasteiger partial charge in [0.25, 0.3) is 5.56 Å². The molecule has 1 heterocycles. The van der Waals surface area contributed by atoms with Gasteiger partial charge in [0.15, 0.2) is 0 Å². The van der Waals surface area contributed by atoms with E-state index in [1.165, 1.54) is 0 Å². The lowest BCUT2D eigenvalue weighted by Crippen LogP contribution is -2.23. The Morgan fingerprint density at radius 2 is 1.68 bits per heavy atom. The highest BCUT2D eigenvalue weighted by Gasteiger charge is 2.12. The minimum atomic E-state index is -0.109. The lowest BCUT2D eigenvalue weighted by atomic mass is 10.1. The molecule has 0 fully saturated rings. The zero-order chi connectivity index (χ0) is 19.7. The third kappa shape index (κ3) is 3.47. The molecule has 0 radical (unpaired) electrons. The fraction of sp³-hybridized carbons (Fsp3) is 0.0435. The molecule has 0 aliphatic heterocycles. The van der Waals surface area contributed by atoms with Crippen LogP contribution < -0.4 is 5.56 Å². The number of aryl methyl sites for hydroxylation is 1. The van der Waals surface area contributed by atoms with E-state index in [9.17, 15) is 4.79 Å². The van der Waals surface area contributed by atoms with Crippen molar-refractivity contribution < 1.29 is 0 Å². The van der Waals surface area contributed by atoms with Gasteiger partial charge in [-0.15, -0.1) is 0 Å². The van der Waals surface area contributed by atoms with Crippen LogP contribution in [-0.2, 0) is 0 Å². The molecule has 0 atom stereocenters. The number of rotatable bonds is 3. The van der Waals surface area contributed by atoms with Gasteiger partial charge in [-0.25, -0.2) is 4.98 Å². The van der Waals surface area contributed by atoms with E-state index in [2.05, 4.69) is 0 Å². The summed E-state index contributed by atoms with van der Waals surface area (Å²) in [7, 11) is 0. The zero-order valence-corrected chi connectivity index (χ0v) is 16.6. The molecule has 3 nitrogen and oxygen atoms in total. The first kappa shape index (κ1) is 18.5. The number of hydrogen-bond donors (Lipinski definition) is 0. The summed E-state index contributed by atoms with van der Waals surface area (Å²) in [4.78, 5) is 18.0. The summed E-state index contributed by atoms with van der Waals surface area (Å²) in [6.07, 6.45) is 3.64. The van der Waals surface area contributed by atoms with Crippen molar-refractivity contribution in [1.82, 2.24) is 9.55 Å². The summed E-state index contributed by atoms with van der Waals surface area (Å²) in [5.41, 5.74) is 3.12. The van der Waals surface area contributed by atoms with E-state index in [1.54, 1.807) is 28.8 Å². The number of hydrogen-bond acceptors (Lipinski definition) is 2. The molecule has 4 rings (SSSR count). The molecule has 0 saturated heterocycles. The van der Waals surface area contributed by atoms with E-state index in [0.717, 1.165) is 16.8 Å². The molecule has 0 N–H and O–H groups in total. The first-order valence-corrected chi connectivity index (χ1v) is 9.51. The summed E-state index contributed by atoms with van der Waals surface area (Å²) in [6, 6.07) is 20.4. The van der Waals surface area contributed by atoms with Crippen LogP contribution >= 0.6 is 23.2 Å². The molecule has 1 aromatic heterocycles. The molecule has 5 heteroatoms. The van der Waals surface area contributed by atoms with Crippen molar-refractivity contribution in [3.63, 3.8) is 0 Å². The fourth-order valence-corrected chi connectivity index (χ4v) is 3.58. The Labute approximate surface area is 172 Å². The molecular formula is C23H16Cl2N2O. The second-order valence-electron chi connectivity index (χ2n) is 6.41. The lowest BCUT2D eigenvalue weighted by molar-refractivity contribution is 0.934. The first-order chi connectivity index (χ1) is 13.5.